The van der Waals surface area contributed by atoms with Crippen molar-refractivity contribution in [1.29, 1.82) is 0 Å². The quantitative estimate of drug-likeness (QED) is 0.824. The van der Waals surface area contributed by atoms with Crippen LogP contribution in [0.2, 0.25) is 0 Å². The van der Waals surface area contributed by atoms with E-state index >= 15 is 0 Å². The Labute approximate surface area is 117 Å². The van der Waals surface area contributed by atoms with Crippen molar-refractivity contribution in [3.8, 4) is 0 Å². The fourth-order valence-corrected chi connectivity index (χ4v) is 2.74. The lowest BCUT2D eigenvalue weighted by Gasteiger charge is -2.16. The first-order valence-corrected chi connectivity index (χ1v) is 6.59. The molecule has 2 rings (SSSR count). The Morgan fingerprint density at radius 3 is 2.55 bits per heavy atom. The molecule has 0 aliphatic carbocycles. The van der Waals surface area contributed by atoms with Crippen LogP contribution in [-0.4, -0.2) is 30.7 Å². The number of carbonyl (C=O) groups excluding carboxylic acids is 1. The summed E-state index contributed by atoms with van der Waals surface area (Å²) in [5, 5.41) is 12.3. The average molecular weight is 277 g/mol. The first-order chi connectivity index (χ1) is 9.43. The number of methoxy groups -OCH3 is 1. The number of hydrogen-bond donors (Lipinski definition) is 2. The van der Waals surface area contributed by atoms with E-state index in [2.05, 4.69) is 5.32 Å². The number of esters is 1. The fourth-order valence-electron chi connectivity index (χ4n) is 2.74. The van der Waals surface area contributed by atoms with Gasteiger partial charge in [0.1, 0.15) is 0 Å². The molecule has 108 valence electrons. The van der Waals surface area contributed by atoms with Crippen LogP contribution < -0.4 is 5.32 Å². The molecule has 1 aromatic rings. The predicted octanol–water partition coefficient (Wildman–Crippen LogP) is 1.83. The Hall–Kier alpha value is -1.88. The molecule has 0 saturated carbocycles. The summed E-state index contributed by atoms with van der Waals surface area (Å²) in [5.74, 6) is -1.52. The molecule has 5 heteroatoms. The first-order valence-electron chi connectivity index (χ1n) is 6.59. The van der Waals surface area contributed by atoms with E-state index in [0.717, 1.165) is 16.7 Å². The standard InChI is InChI=1S/C15H19NO4/c1-8-4-9(2)12(15(19)20-3)6-11(8)13-5-10(7-16-13)14(17)18/h4,6,10,13,16H,5,7H2,1-3H3,(H,17,18). The van der Waals surface area contributed by atoms with Gasteiger partial charge in [-0.1, -0.05) is 6.07 Å². The third-order valence-corrected chi connectivity index (χ3v) is 3.87. The van der Waals surface area contributed by atoms with E-state index in [1.165, 1.54) is 7.11 Å². The van der Waals surface area contributed by atoms with E-state index in [4.69, 9.17) is 9.84 Å². The minimum absolute atomic E-state index is 0.0277. The number of carboxylic acid groups (broad SMARTS) is 1. The number of rotatable bonds is 3. The smallest absolute Gasteiger partial charge is 0.338 e. The molecule has 20 heavy (non-hydrogen) atoms. The number of carbonyl (C=O) groups is 2. The minimum Gasteiger partial charge on any atom is -0.481 e. The summed E-state index contributed by atoms with van der Waals surface area (Å²) >= 11 is 0. The fraction of sp³-hybridized carbons (Fsp3) is 0.467. The highest BCUT2D eigenvalue weighted by Crippen LogP contribution is 2.31. The molecule has 0 aromatic heterocycles. The van der Waals surface area contributed by atoms with Crippen LogP contribution in [0, 0.1) is 19.8 Å². The molecule has 1 aromatic carbocycles. The van der Waals surface area contributed by atoms with E-state index in [1.807, 2.05) is 26.0 Å². The normalized spacial score (nSPS) is 21.8. The third-order valence-electron chi connectivity index (χ3n) is 3.87. The molecular formula is C15H19NO4. The van der Waals surface area contributed by atoms with Gasteiger partial charge in [0.25, 0.3) is 0 Å². The number of nitrogens with one attached hydrogen (secondary N) is 1. The zero-order valence-corrected chi connectivity index (χ0v) is 11.9. The third kappa shape index (κ3) is 2.67. The van der Waals surface area contributed by atoms with Crippen molar-refractivity contribution in [3.63, 3.8) is 0 Å². The van der Waals surface area contributed by atoms with Crippen LogP contribution in [0.15, 0.2) is 12.1 Å². The zero-order valence-electron chi connectivity index (χ0n) is 11.9. The maximum atomic E-state index is 11.7. The lowest BCUT2D eigenvalue weighted by Crippen LogP contribution is -2.18. The highest BCUT2D eigenvalue weighted by Gasteiger charge is 2.31. The highest BCUT2D eigenvalue weighted by atomic mass is 16.5. The molecule has 1 saturated heterocycles. The predicted molar refractivity (Wildman–Crippen MR) is 73.7 cm³/mol. The molecule has 0 amide bonds. The van der Waals surface area contributed by atoms with Crippen molar-refractivity contribution in [2.75, 3.05) is 13.7 Å². The molecule has 0 radical (unpaired) electrons. The second-order valence-electron chi connectivity index (χ2n) is 5.25. The van der Waals surface area contributed by atoms with E-state index < -0.39 is 5.97 Å². The average Bonchev–Trinajstić information content (AvgIpc) is 2.87. The van der Waals surface area contributed by atoms with E-state index in [1.54, 1.807) is 0 Å². The topological polar surface area (TPSA) is 75.6 Å². The van der Waals surface area contributed by atoms with Gasteiger partial charge in [-0.2, -0.15) is 0 Å². The number of aliphatic carboxylic acids is 1. The molecule has 1 aliphatic heterocycles. The second-order valence-corrected chi connectivity index (χ2v) is 5.25. The maximum absolute atomic E-state index is 11.7. The van der Waals surface area contributed by atoms with Crippen LogP contribution in [-0.2, 0) is 9.53 Å². The van der Waals surface area contributed by atoms with Gasteiger partial charge in [0, 0.05) is 12.6 Å². The summed E-state index contributed by atoms with van der Waals surface area (Å²) in [6.07, 6.45) is 0.542. The van der Waals surface area contributed by atoms with Crippen molar-refractivity contribution in [2.45, 2.75) is 26.3 Å². The van der Waals surface area contributed by atoms with E-state index in [0.29, 0.717) is 18.5 Å². The molecule has 2 unspecified atom stereocenters. The summed E-state index contributed by atoms with van der Waals surface area (Å²) in [6, 6.07) is 3.73. The Morgan fingerprint density at radius 1 is 1.30 bits per heavy atom. The van der Waals surface area contributed by atoms with Crippen molar-refractivity contribution < 1.29 is 19.4 Å². The number of ether oxygens (including phenoxy) is 1. The summed E-state index contributed by atoms with van der Waals surface area (Å²) in [5.41, 5.74) is 3.43. The van der Waals surface area contributed by atoms with Gasteiger partial charge in [-0.25, -0.2) is 4.79 Å². The van der Waals surface area contributed by atoms with Gasteiger partial charge in [-0.15, -0.1) is 0 Å². The van der Waals surface area contributed by atoms with Crippen LogP contribution in [0.25, 0.3) is 0 Å². The van der Waals surface area contributed by atoms with Crippen molar-refractivity contribution in [2.24, 2.45) is 5.92 Å². The number of aryl methyl sites for hydroxylation is 2. The summed E-state index contributed by atoms with van der Waals surface area (Å²) in [7, 11) is 1.36. The van der Waals surface area contributed by atoms with Crippen molar-refractivity contribution in [1.82, 2.24) is 5.32 Å². The monoisotopic (exact) mass is 277 g/mol. The molecule has 2 N–H and O–H groups in total. The molecule has 2 atom stereocenters. The second kappa shape index (κ2) is 5.63. The molecule has 0 spiro atoms. The Morgan fingerprint density at radius 2 is 2.00 bits per heavy atom. The number of benzene rings is 1. The molecule has 1 heterocycles. The van der Waals surface area contributed by atoms with Crippen molar-refractivity contribution >= 4 is 11.9 Å². The van der Waals surface area contributed by atoms with Gasteiger partial charge in [0.2, 0.25) is 0 Å². The molecular weight excluding hydrogens is 258 g/mol. The van der Waals surface area contributed by atoms with Crippen LogP contribution in [0.5, 0.6) is 0 Å². The van der Waals surface area contributed by atoms with E-state index in [-0.39, 0.29) is 17.9 Å². The summed E-state index contributed by atoms with van der Waals surface area (Å²) < 4.78 is 4.78. The maximum Gasteiger partial charge on any atom is 0.338 e. The van der Waals surface area contributed by atoms with E-state index in [9.17, 15) is 9.59 Å². The van der Waals surface area contributed by atoms with Crippen LogP contribution >= 0.6 is 0 Å². The lowest BCUT2D eigenvalue weighted by molar-refractivity contribution is -0.141. The lowest BCUT2D eigenvalue weighted by atomic mass is 9.92. The van der Waals surface area contributed by atoms with Gasteiger partial charge >= 0.3 is 11.9 Å². The van der Waals surface area contributed by atoms with Gasteiger partial charge in [0.05, 0.1) is 18.6 Å². The largest absolute Gasteiger partial charge is 0.481 e. The van der Waals surface area contributed by atoms with Gasteiger partial charge < -0.3 is 15.2 Å². The van der Waals surface area contributed by atoms with Gasteiger partial charge in [-0.05, 0) is 43.0 Å². The Bertz CT molecular complexity index is 553. The Balaban J connectivity index is 2.33. The first kappa shape index (κ1) is 14.5. The molecule has 1 fully saturated rings. The highest BCUT2D eigenvalue weighted by molar-refractivity contribution is 5.91. The summed E-state index contributed by atoms with van der Waals surface area (Å²) in [4.78, 5) is 22.8. The number of carboxylic acids is 1. The summed E-state index contributed by atoms with van der Waals surface area (Å²) in [6.45, 7) is 4.30. The van der Waals surface area contributed by atoms with Crippen LogP contribution in [0.3, 0.4) is 0 Å². The minimum atomic E-state index is -0.780. The molecule has 5 nitrogen and oxygen atoms in total. The zero-order chi connectivity index (χ0) is 14.9. The van der Waals surface area contributed by atoms with Gasteiger partial charge in [0.15, 0.2) is 0 Å². The van der Waals surface area contributed by atoms with Gasteiger partial charge in [-0.3, -0.25) is 4.79 Å². The SMILES string of the molecule is COC(=O)c1cc(C2CC(C(=O)O)CN2)c(C)cc1C. The molecule has 1 aliphatic rings. The number of hydrogen-bond acceptors (Lipinski definition) is 4. The van der Waals surface area contributed by atoms with Crippen molar-refractivity contribution in [3.05, 3.63) is 34.4 Å². The van der Waals surface area contributed by atoms with Crippen LogP contribution in [0.4, 0.5) is 0 Å². The van der Waals surface area contributed by atoms with Crippen LogP contribution in [0.1, 0.15) is 39.5 Å². The molecule has 0 bridgehead atoms. The Kier molecular flexibility index (Phi) is 4.09.